The molecule has 15 nitrogen and oxygen atoms in total. The Hall–Kier alpha value is -6.60. The molecule has 8 rings (SSSR count). The van der Waals surface area contributed by atoms with Gasteiger partial charge >= 0.3 is 0 Å². The molecule has 4 amide bonds. The fourth-order valence-electron chi connectivity index (χ4n) is 9.01. The molecule has 0 unspecified atom stereocenters. The molecule has 73 heavy (non-hydrogen) atoms. The number of nitrogens with zero attached hydrogens (tertiary/aromatic N) is 6. The van der Waals surface area contributed by atoms with Crippen molar-refractivity contribution in [3.05, 3.63) is 139 Å². The number of thiazole rings is 1. The smallest absolute Gasteiger partial charge is 0.246 e. The van der Waals surface area contributed by atoms with E-state index in [0.29, 0.717) is 22.4 Å². The van der Waals surface area contributed by atoms with Crippen molar-refractivity contribution >= 4 is 69.7 Å². The van der Waals surface area contributed by atoms with Gasteiger partial charge in [0, 0.05) is 45.6 Å². The van der Waals surface area contributed by atoms with E-state index in [0.717, 1.165) is 60.1 Å². The van der Waals surface area contributed by atoms with Crippen LogP contribution < -0.4 is 20.7 Å². The molecule has 2 aliphatic heterocycles. The van der Waals surface area contributed by atoms with E-state index in [1.165, 1.54) is 29.2 Å². The molecule has 0 aliphatic carbocycles. The lowest BCUT2D eigenvalue weighted by molar-refractivity contribution is -0.143. The van der Waals surface area contributed by atoms with E-state index in [4.69, 9.17) is 21.3 Å². The number of benzene rings is 3. The average Bonchev–Trinajstić information content (AvgIpc) is 4.12. The van der Waals surface area contributed by atoms with Crippen LogP contribution in [0.4, 0.5) is 4.39 Å². The minimum absolute atomic E-state index is 0.0236. The lowest BCUT2D eigenvalue weighted by atomic mass is 9.85. The van der Waals surface area contributed by atoms with Crippen LogP contribution in [0.3, 0.4) is 0 Å². The summed E-state index contributed by atoms with van der Waals surface area (Å²) in [5, 5.41) is 29.8. The van der Waals surface area contributed by atoms with Crippen LogP contribution >= 0.6 is 34.3 Å². The van der Waals surface area contributed by atoms with Crippen LogP contribution in [-0.4, -0.2) is 96.5 Å². The van der Waals surface area contributed by atoms with Crippen molar-refractivity contribution in [2.75, 3.05) is 13.1 Å². The van der Waals surface area contributed by atoms with E-state index in [-0.39, 0.29) is 37.4 Å². The molecule has 4 N–H and O–H groups in total. The van der Waals surface area contributed by atoms with Gasteiger partial charge in [0.25, 0.3) is 0 Å². The number of carbonyl (C=O) groups excluding carboxylic acids is 4. The highest BCUT2D eigenvalue weighted by atomic mass is 35.5. The van der Waals surface area contributed by atoms with Crippen LogP contribution in [0.25, 0.3) is 21.5 Å². The Bertz CT molecular complexity index is 3110. The molecule has 2 aliphatic rings. The largest absolute Gasteiger partial charge is 0.489 e. The number of hydrogen-bond donors (Lipinski definition) is 4. The lowest BCUT2D eigenvalue weighted by Crippen LogP contribution is -2.57. The highest BCUT2D eigenvalue weighted by Crippen LogP contribution is 2.40. The van der Waals surface area contributed by atoms with Crippen molar-refractivity contribution < 1.29 is 33.4 Å². The standard InChI is InChI=1S/C54H59ClFN9O6S2/c1-28(25-57-45(68)24-42-50-63-62-33(6)65(50)53-46(29(2)32(5)73-53)47(60-42)35-14-17-38(55)18-15-35)71-40-19-20-41(56)37(22-40)16-21-44(67)61-49(54(7,8)9)52(70)64-26-39(66)23-43(64)51(69)59-30(3)34-10-12-36(13-11-34)48-31(4)58-27-72-48/h10-22,27-28,30,39,42-43,49,66H,23-26H2,1-9H3,(H,57,68)(H,59,69)(H,61,67)/b21-16+/t28-,30+,39-,42+,43+,49-/m1/s1. The number of nitrogens with one attached hydrogen (secondary N) is 3. The summed E-state index contributed by atoms with van der Waals surface area (Å²) in [4.78, 5) is 68.2. The second-order valence-corrected chi connectivity index (χ2v) is 22.2. The number of halogens is 2. The van der Waals surface area contributed by atoms with Gasteiger partial charge in [0.1, 0.15) is 46.6 Å². The lowest BCUT2D eigenvalue weighted by Gasteiger charge is -2.35. The quantitative estimate of drug-likeness (QED) is 0.0728. The van der Waals surface area contributed by atoms with Crippen LogP contribution in [0.15, 0.2) is 83.3 Å². The predicted molar refractivity (Wildman–Crippen MR) is 283 cm³/mol. The third-order valence-electron chi connectivity index (χ3n) is 13.1. The van der Waals surface area contributed by atoms with Crippen molar-refractivity contribution in [1.82, 2.24) is 40.6 Å². The average molecular weight is 1050 g/mol. The summed E-state index contributed by atoms with van der Waals surface area (Å²) in [6.07, 6.45) is 0.919. The minimum atomic E-state index is -1.11. The van der Waals surface area contributed by atoms with Crippen LogP contribution in [0.5, 0.6) is 5.75 Å². The van der Waals surface area contributed by atoms with Gasteiger partial charge in [-0.15, -0.1) is 32.9 Å². The van der Waals surface area contributed by atoms with Gasteiger partial charge in [-0.1, -0.05) is 68.8 Å². The van der Waals surface area contributed by atoms with E-state index < -0.39 is 65.3 Å². The first-order valence-corrected chi connectivity index (χ1v) is 26.1. The normalized spacial score (nSPS) is 17.8. The Balaban J connectivity index is 0.882. The molecule has 1 saturated heterocycles. The van der Waals surface area contributed by atoms with E-state index in [1.54, 1.807) is 55.9 Å². The van der Waals surface area contributed by atoms with Gasteiger partial charge in [-0.25, -0.2) is 9.37 Å². The van der Waals surface area contributed by atoms with Crippen molar-refractivity contribution in [2.45, 2.75) is 112 Å². The van der Waals surface area contributed by atoms with Crippen LogP contribution in [0, 0.1) is 38.9 Å². The van der Waals surface area contributed by atoms with Gasteiger partial charge in [0.15, 0.2) is 5.82 Å². The molecule has 5 heterocycles. The molecule has 0 radical (unpaired) electrons. The number of hydrogen-bond acceptors (Lipinski definition) is 12. The maximum absolute atomic E-state index is 15.2. The zero-order chi connectivity index (χ0) is 52.5. The first kappa shape index (κ1) is 52.7. The van der Waals surface area contributed by atoms with Crippen molar-refractivity contribution in [1.29, 1.82) is 0 Å². The fourth-order valence-corrected chi connectivity index (χ4v) is 11.2. The SMILES string of the molecule is Cc1ncsc1-c1ccc([C@H](C)NC(=O)[C@@H]2C[C@@H](O)CN2C(=O)[C@@H](NC(=O)/C=C/c2cc(O[C@H](C)CNC(=O)C[C@@H]3N=C(c4ccc(Cl)cc4)c4c(sc(C)c4C)-n4c(C)nnc43)ccc2F)C(C)(C)C)cc1. The molecule has 6 atom stereocenters. The molecular weight excluding hydrogens is 989 g/mol. The molecular formula is C54H59ClFN9O6S2. The zero-order valence-electron chi connectivity index (χ0n) is 42.1. The highest BCUT2D eigenvalue weighted by Gasteiger charge is 2.45. The summed E-state index contributed by atoms with van der Waals surface area (Å²) < 4.78 is 23.3. The van der Waals surface area contributed by atoms with Gasteiger partial charge in [-0.05, 0) is 100 Å². The summed E-state index contributed by atoms with van der Waals surface area (Å²) in [7, 11) is 0. The third-order valence-corrected chi connectivity index (χ3v) is 15.5. The Morgan fingerprint density at radius 2 is 1.68 bits per heavy atom. The molecule has 19 heteroatoms. The van der Waals surface area contributed by atoms with Gasteiger partial charge in [0.05, 0.1) is 46.9 Å². The molecule has 3 aromatic carbocycles. The molecule has 0 saturated carbocycles. The summed E-state index contributed by atoms with van der Waals surface area (Å²) in [6.45, 7) is 16.9. The van der Waals surface area contributed by atoms with Crippen molar-refractivity contribution in [2.24, 2.45) is 10.4 Å². The Morgan fingerprint density at radius 1 is 0.973 bits per heavy atom. The third kappa shape index (κ3) is 11.8. The van der Waals surface area contributed by atoms with Crippen LogP contribution in [-0.2, 0) is 19.2 Å². The second kappa shape index (κ2) is 21.9. The number of aliphatic hydroxyl groups is 1. The maximum Gasteiger partial charge on any atom is 0.246 e. The van der Waals surface area contributed by atoms with E-state index in [2.05, 4.69) is 45.0 Å². The molecule has 3 aromatic heterocycles. The van der Waals surface area contributed by atoms with Gasteiger partial charge in [-0.3, -0.25) is 28.7 Å². The monoisotopic (exact) mass is 1050 g/mol. The van der Waals surface area contributed by atoms with Crippen LogP contribution in [0.2, 0.25) is 5.02 Å². The molecule has 382 valence electrons. The number of ether oxygens (including phenoxy) is 1. The van der Waals surface area contributed by atoms with Gasteiger partial charge < -0.3 is 30.7 Å². The number of carbonyl (C=O) groups is 4. The molecule has 0 bridgehead atoms. The molecule has 6 aromatic rings. The summed E-state index contributed by atoms with van der Waals surface area (Å²) in [5.41, 5.74) is 7.49. The first-order chi connectivity index (χ1) is 34.7. The highest BCUT2D eigenvalue weighted by molar-refractivity contribution is 7.15. The first-order valence-electron chi connectivity index (χ1n) is 24.0. The zero-order valence-corrected chi connectivity index (χ0v) is 44.5. The second-order valence-electron chi connectivity index (χ2n) is 19.7. The van der Waals surface area contributed by atoms with E-state index in [1.807, 2.05) is 73.9 Å². The van der Waals surface area contributed by atoms with Gasteiger partial charge in [0.2, 0.25) is 23.6 Å². The Labute approximate surface area is 437 Å². The number of aliphatic hydroxyl groups excluding tert-OH is 1. The summed E-state index contributed by atoms with van der Waals surface area (Å²) in [5.74, 6) is -1.02. The number of aliphatic imine (C=N–C) groups is 1. The number of aryl methyl sites for hydroxylation is 3. The number of fused-ring (bicyclic) bond motifs is 3. The Kier molecular flexibility index (Phi) is 15.8. The summed E-state index contributed by atoms with van der Waals surface area (Å²) in [6, 6.07) is 16.3. The number of thiophene rings is 1. The fraction of sp³-hybridized carbons (Fsp3) is 0.370. The minimum Gasteiger partial charge on any atom is -0.489 e. The van der Waals surface area contributed by atoms with E-state index >= 15 is 4.39 Å². The number of β-amino-alcohol motifs (C(OH)–C–C–N with tert-alkyl or cyclic N) is 1. The van der Waals surface area contributed by atoms with Gasteiger partial charge in [-0.2, -0.15) is 0 Å². The van der Waals surface area contributed by atoms with Crippen molar-refractivity contribution in [3.8, 4) is 21.2 Å². The topological polar surface area (TPSA) is 193 Å². The maximum atomic E-state index is 15.2. The van der Waals surface area contributed by atoms with Crippen LogP contribution in [0.1, 0.15) is 110 Å². The molecule has 1 fully saturated rings. The predicted octanol–water partition coefficient (Wildman–Crippen LogP) is 8.73. The number of amides is 4. The molecule has 0 spiro atoms. The van der Waals surface area contributed by atoms with E-state index in [9.17, 15) is 24.3 Å². The number of rotatable bonds is 15. The number of aromatic nitrogens is 4. The van der Waals surface area contributed by atoms with Crippen molar-refractivity contribution in [3.63, 3.8) is 0 Å². The summed E-state index contributed by atoms with van der Waals surface area (Å²) >= 11 is 9.44. The Morgan fingerprint density at radius 3 is 2.37 bits per heavy atom. The number of likely N-dealkylation sites (tertiary alicyclic amines) is 1.